The molecule has 2 nitrogen and oxygen atoms in total. The molecule has 3 rings (SSSR count). The van der Waals surface area contributed by atoms with Gasteiger partial charge in [0.1, 0.15) is 0 Å². The van der Waals surface area contributed by atoms with E-state index in [-0.39, 0.29) is 11.9 Å². The standard InChI is InChI=1S/C19H23NOS/c1-14(11-12-15-7-3-2-4-8-15)20-19(21)18-13-16-9-5-6-10-17(16)22-18/h2-4,7-8,13-14H,5-6,9-12H2,1H3,(H,20,21). The molecule has 2 aromatic rings. The van der Waals surface area contributed by atoms with E-state index in [0.717, 1.165) is 30.6 Å². The third-order valence-electron chi connectivity index (χ3n) is 4.31. The highest BCUT2D eigenvalue weighted by Gasteiger charge is 2.18. The Kier molecular flexibility index (Phi) is 4.94. The molecule has 0 fully saturated rings. The minimum Gasteiger partial charge on any atom is -0.349 e. The largest absolute Gasteiger partial charge is 0.349 e. The second-order valence-electron chi connectivity index (χ2n) is 6.16. The molecule has 0 radical (unpaired) electrons. The van der Waals surface area contributed by atoms with E-state index in [2.05, 4.69) is 42.6 Å². The van der Waals surface area contributed by atoms with Crippen LogP contribution in [-0.4, -0.2) is 11.9 Å². The number of nitrogens with one attached hydrogen (secondary N) is 1. The quantitative estimate of drug-likeness (QED) is 0.872. The molecule has 116 valence electrons. The zero-order chi connectivity index (χ0) is 15.4. The van der Waals surface area contributed by atoms with Gasteiger partial charge in [-0.2, -0.15) is 0 Å². The predicted molar refractivity (Wildman–Crippen MR) is 92.7 cm³/mol. The maximum absolute atomic E-state index is 12.4. The molecular formula is C19H23NOS. The topological polar surface area (TPSA) is 29.1 Å². The van der Waals surface area contributed by atoms with Gasteiger partial charge in [-0.3, -0.25) is 4.79 Å². The fourth-order valence-electron chi connectivity index (χ4n) is 3.00. The lowest BCUT2D eigenvalue weighted by molar-refractivity contribution is 0.0942. The summed E-state index contributed by atoms with van der Waals surface area (Å²) >= 11 is 1.69. The molecule has 1 unspecified atom stereocenters. The van der Waals surface area contributed by atoms with Crippen LogP contribution in [-0.2, 0) is 19.3 Å². The molecule has 1 N–H and O–H groups in total. The van der Waals surface area contributed by atoms with Crippen LogP contribution >= 0.6 is 11.3 Å². The fourth-order valence-corrected chi connectivity index (χ4v) is 4.15. The van der Waals surface area contributed by atoms with Gasteiger partial charge in [-0.05, 0) is 62.6 Å². The van der Waals surface area contributed by atoms with Gasteiger partial charge in [-0.1, -0.05) is 30.3 Å². The van der Waals surface area contributed by atoms with Crippen molar-refractivity contribution in [3.8, 4) is 0 Å². The molecule has 1 amide bonds. The molecule has 1 aliphatic rings. The lowest BCUT2D eigenvalue weighted by atomic mass is 9.99. The molecule has 1 aliphatic carbocycles. The van der Waals surface area contributed by atoms with Crippen molar-refractivity contribution in [1.29, 1.82) is 0 Å². The van der Waals surface area contributed by atoms with E-state index in [1.54, 1.807) is 11.3 Å². The van der Waals surface area contributed by atoms with Gasteiger partial charge in [0.05, 0.1) is 4.88 Å². The maximum atomic E-state index is 12.4. The Hall–Kier alpha value is -1.61. The second-order valence-corrected chi connectivity index (χ2v) is 7.30. The van der Waals surface area contributed by atoms with Crippen LogP contribution in [0.2, 0.25) is 0 Å². The SMILES string of the molecule is CC(CCc1ccccc1)NC(=O)c1cc2c(s1)CCCC2. The number of benzene rings is 1. The normalized spacial score (nSPS) is 15.1. The van der Waals surface area contributed by atoms with Crippen LogP contribution in [0.25, 0.3) is 0 Å². The zero-order valence-corrected chi connectivity index (χ0v) is 13.9. The Bertz CT molecular complexity index is 609. The summed E-state index contributed by atoms with van der Waals surface area (Å²) in [6.07, 6.45) is 6.80. The summed E-state index contributed by atoms with van der Waals surface area (Å²) in [4.78, 5) is 14.7. The van der Waals surface area contributed by atoms with Crippen LogP contribution in [0.5, 0.6) is 0 Å². The summed E-state index contributed by atoms with van der Waals surface area (Å²) < 4.78 is 0. The first-order valence-corrected chi connectivity index (χ1v) is 9.00. The summed E-state index contributed by atoms with van der Waals surface area (Å²) in [7, 11) is 0. The van der Waals surface area contributed by atoms with Crippen molar-refractivity contribution in [2.45, 2.75) is 51.5 Å². The van der Waals surface area contributed by atoms with Crippen LogP contribution in [0.15, 0.2) is 36.4 Å². The highest BCUT2D eigenvalue weighted by Crippen LogP contribution is 2.29. The van der Waals surface area contributed by atoms with Gasteiger partial charge in [0.2, 0.25) is 0 Å². The lowest BCUT2D eigenvalue weighted by Gasteiger charge is -2.13. The molecule has 0 saturated heterocycles. The second kappa shape index (κ2) is 7.10. The summed E-state index contributed by atoms with van der Waals surface area (Å²) in [5, 5.41) is 3.15. The minimum absolute atomic E-state index is 0.0972. The van der Waals surface area contributed by atoms with Crippen molar-refractivity contribution in [3.63, 3.8) is 0 Å². The van der Waals surface area contributed by atoms with Crippen molar-refractivity contribution in [2.75, 3.05) is 0 Å². The third kappa shape index (κ3) is 3.77. The first-order valence-electron chi connectivity index (χ1n) is 8.19. The number of aryl methyl sites for hydroxylation is 3. The van der Waals surface area contributed by atoms with Crippen LogP contribution in [0, 0.1) is 0 Å². The molecule has 22 heavy (non-hydrogen) atoms. The van der Waals surface area contributed by atoms with Crippen LogP contribution < -0.4 is 5.32 Å². The Morgan fingerprint density at radius 3 is 2.77 bits per heavy atom. The molecule has 0 saturated carbocycles. The number of carbonyl (C=O) groups is 1. The Morgan fingerprint density at radius 2 is 2.00 bits per heavy atom. The predicted octanol–water partition coefficient (Wildman–Crippen LogP) is 4.38. The zero-order valence-electron chi connectivity index (χ0n) is 13.1. The van der Waals surface area contributed by atoms with Gasteiger partial charge < -0.3 is 5.32 Å². The van der Waals surface area contributed by atoms with Gasteiger partial charge in [0.25, 0.3) is 5.91 Å². The Labute approximate surface area is 136 Å². The number of amides is 1. The number of fused-ring (bicyclic) bond motifs is 1. The lowest BCUT2D eigenvalue weighted by Crippen LogP contribution is -2.32. The molecule has 3 heteroatoms. The average molecular weight is 313 g/mol. The van der Waals surface area contributed by atoms with E-state index in [1.165, 1.54) is 28.8 Å². The first kappa shape index (κ1) is 15.3. The number of hydrogen-bond donors (Lipinski definition) is 1. The van der Waals surface area contributed by atoms with E-state index >= 15 is 0 Å². The molecule has 1 atom stereocenters. The number of hydrogen-bond acceptors (Lipinski definition) is 2. The molecule has 0 spiro atoms. The monoisotopic (exact) mass is 313 g/mol. The van der Waals surface area contributed by atoms with Crippen LogP contribution in [0.1, 0.15) is 51.9 Å². The van der Waals surface area contributed by atoms with E-state index in [9.17, 15) is 4.79 Å². The molecule has 1 aromatic heterocycles. The van der Waals surface area contributed by atoms with Crippen LogP contribution in [0.3, 0.4) is 0 Å². The Morgan fingerprint density at radius 1 is 1.23 bits per heavy atom. The number of carbonyl (C=O) groups excluding carboxylic acids is 1. The summed E-state index contributed by atoms with van der Waals surface area (Å²) in [5.74, 6) is 0.0972. The van der Waals surface area contributed by atoms with Crippen molar-refractivity contribution in [3.05, 3.63) is 57.3 Å². The molecule has 1 heterocycles. The highest BCUT2D eigenvalue weighted by molar-refractivity contribution is 7.14. The van der Waals surface area contributed by atoms with Crippen molar-refractivity contribution >= 4 is 17.2 Å². The Balaban J connectivity index is 1.53. The van der Waals surface area contributed by atoms with Gasteiger partial charge >= 0.3 is 0 Å². The minimum atomic E-state index is 0.0972. The van der Waals surface area contributed by atoms with Gasteiger partial charge in [-0.15, -0.1) is 11.3 Å². The van der Waals surface area contributed by atoms with Crippen molar-refractivity contribution < 1.29 is 4.79 Å². The molecule has 0 bridgehead atoms. The molecule has 0 aliphatic heterocycles. The fraction of sp³-hybridized carbons (Fsp3) is 0.421. The van der Waals surface area contributed by atoms with E-state index in [4.69, 9.17) is 0 Å². The van der Waals surface area contributed by atoms with E-state index in [1.807, 2.05) is 6.07 Å². The maximum Gasteiger partial charge on any atom is 0.261 e. The van der Waals surface area contributed by atoms with Crippen molar-refractivity contribution in [1.82, 2.24) is 5.32 Å². The summed E-state index contributed by atoms with van der Waals surface area (Å²) in [5.41, 5.74) is 2.73. The third-order valence-corrected chi connectivity index (χ3v) is 5.54. The van der Waals surface area contributed by atoms with E-state index < -0.39 is 0 Å². The average Bonchev–Trinajstić information content (AvgIpc) is 2.98. The highest BCUT2D eigenvalue weighted by atomic mass is 32.1. The van der Waals surface area contributed by atoms with Gasteiger partial charge in [0, 0.05) is 10.9 Å². The number of thiophene rings is 1. The first-order chi connectivity index (χ1) is 10.7. The molecular weight excluding hydrogens is 290 g/mol. The summed E-state index contributed by atoms with van der Waals surface area (Å²) in [6, 6.07) is 12.8. The van der Waals surface area contributed by atoms with Crippen LogP contribution in [0.4, 0.5) is 0 Å². The van der Waals surface area contributed by atoms with Gasteiger partial charge in [0.15, 0.2) is 0 Å². The van der Waals surface area contributed by atoms with Gasteiger partial charge in [-0.25, -0.2) is 0 Å². The number of rotatable bonds is 5. The van der Waals surface area contributed by atoms with E-state index in [0.29, 0.717) is 0 Å². The molecule has 1 aromatic carbocycles. The summed E-state index contributed by atoms with van der Waals surface area (Å²) in [6.45, 7) is 2.09. The smallest absolute Gasteiger partial charge is 0.261 e. The van der Waals surface area contributed by atoms with Crippen molar-refractivity contribution in [2.24, 2.45) is 0 Å².